The van der Waals surface area contributed by atoms with Gasteiger partial charge in [0.25, 0.3) is 0 Å². The Balaban J connectivity index is 1.69. The van der Waals surface area contributed by atoms with Crippen molar-refractivity contribution in [2.45, 2.75) is 43.7 Å². The second-order valence-corrected chi connectivity index (χ2v) is 5.94. The summed E-state index contributed by atoms with van der Waals surface area (Å²) in [6.45, 7) is 0.870. The first-order valence-corrected chi connectivity index (χ1v) is 7.26. The number of hydrogen-bond acceptors (Lipinski definition) is 3. The first-order valence-electron chi connectivity index (χ1n) is 7.26. The standard InChI is InChI=1S/C16H23NO2/c1-18-14-5-3-12(4-6-14)15(17)13-7-10-19-16(11-13)8-2-9-16/h3-6,13,15H,2,7-11,17H2,1H3. The highest BCUT2D eigenvalue weighted by Gasteiger charge is 2.43. The third-order valence-corrected chi connectivity index (χ3v) is 4.80. The van der Waals surface area contributed by atoms with Crippen molar-refractivity contribution < 1.29 is 9.47 Å². The molecule has 1 spiro atoms. The molecule has 0 amide bonds. The molecule has 2 aliphatic rings. The highest BCUT2D eigenvalue weighted by Crippen LogP contribution is 2.46. The summed E-state index contributed by atoms with van der Waals surface area (Å²) in [5.41, 5.74) is 7.85. The number of ether oxygens (including phenoxy) is 2. The molecule has 2 fully saturated rings. The van der Waals surface area contributed by atoms with Gasteiger partial charge in [-0.3, -0.25) is 0 Å². The Labute approximate surface area is 115 Å². The van der Waals surface area contributed by atoms with Crippen molar-refractivity contribution >= 4 is 0 Å². The Bertz CT molecular complexity index is 425. The number of nitrogens with two attached hydrogens (primary N) is 1. The van der Waals surface area contributed by atoms with E-state index in [0.29, 0.717) is 5.92 Å². The SMILES string of the molecule is COc1ccc(C(N)C2CCOC3(CCC3)C2)cc1. The Kier molecular flexibility index (Phi) is 3.50. The molecule has 1 aromatic rings. The van der Waals surface area contributed by atoms with Crippen molar-refractivity contribution in [2.75, 3.05) is 13.7 Å². The molecule has 3 rings (SSSR count). The van der Waals surface area contributed by atoms with Crippen LogP contribution in [0, 0.1) is 5.92 Å². The average Bonchev–Trinajstić information content (AvgIpc) is 2.45. The van der Waals surface area contributed by atoms with E-state index >= 15 is 0 Å². The third-order valence-electron chi connectivity index (χ3n) is 4.80. The smallest absolute Gasteiger partial charge is 0.118 e. The van der Waals surface area contributed by atoms with E-state index in [0.717, 1.165) is 25.2 Å². The molecule has 0 bridgehead atoms. The fourth-order valence-corrected chi connectivity index (χ4v) is 3.39. The van der Waals surface area contributed by atoms with Gasteiger partial charge < -0.3 is 15.2 Å². The summed E-state index contributed by atoms with van der Waals surface area (Å²) in [7, 11) is 1.69. The highest BCUT2D eigenvalue weighted by molar-refractivity contribution is 5.29. The van der Waals surface area contributed by atoms with Gasteiger partial charge in [-0.05, 0) is 55.7 Å². The van der Waals surface area contributed by atoms with E-state index in [-0.39, 0.29) is 11.6 Å². The van der Waals surface area contributed by atoms with Gasteiger partial charge in [-0.2, -0.15) is 0 Å². The van der Waals surface area contributed by atoms with Crippen molar-refractivity contribution in [3.05, 3.63) is 29.8 Å². The van der Waals surface area contributed by atoms with Gasteiger partial charge in [-0.1, -0.05) is 12.1 Å². The average molecular weight is 261 g/mol. The summed E-state index contributed by atoms with van der Waals surface area (Å²) in [6.07, 6.45) is 5.96. The molecule has 1 aliphatic heterocycles. The lowest BCUT2D eigenvalue weighted by atomic mass is 9.70. The summed E-state index contributed by atoms with van der Waals surface area (Å²) in [5, 5.41) is 0. The first-order chi connectivity index (χ1) is 9.22. The minimum absolute atomic E-state index is 0.118. The maximum Gasteiger partial charge on any atom is 0.118 e. The van der Waals surface area contributed by atoms with Crippen LogP contribution in [0.5, 0.6) is 5.75 Å². The third kappa shape index (κ3) is 2.49. The minimum atomic E-state index is 0.118. The zero-order valence-corrected chi connectivity index (χ0v) is 11.6. The number of hydrogen-bond donors (Lipinski definition) is 1. The van der Waals surface area contributed by atoms with Crippen LogP contribution < -0.4 is 10.5 Å². The maximum absolute atomic E-state index is 6.46. The molecule has 19 heavy (non-hydrogen) atoms. The van der Waals surface area contributed by atoms with Gasteiger partial charge in [0.05, 0.1) is 12.7 Å². The van der Waals surface area contributed by atoms with Gasteiger partial charge in [-0.25, -0.2) is 0 Å². The van der Waals surface area contributed by atoms with Gasteiger partial charge in [0.15, 0.2) is 0 Å². The summed E-state index contributed by atoms with van der Waals surface area (Å²) in [4.78, 5) is 0. The lowest BCUT2D eigenvalue weighted by Crippen LogP contribution is -2.47. The fraction of sp³-hybridized carbons (Fsp3) is 0.625. The van der Waals surface area contributed by atoms with Crippen molar-refractivity contribution in [1.82, 2.24) is 0 Å². The van der Waals surface area contributed by atoms with Crippen LogP contribution in [0.15, 0.2) is 24.3 Å². The van der Waals surface area contributed by atoms with E-state index < -0.39 is 0 Å². The van der Waals surface area contributed by atoms with E-state index in [1.807, 2.05) is 12.1 Å². The molecular formula is C16H23NO2. The number of benzene rings is 1. The van der Waals surface area contributed by atoms with E-state index in [2.05, 4.69) is 12.1 Å². The van der Waals surface area contributed by atoms with Gasteiger partial charge in [0, 0.05) is 12.6 Å². The molecule has 0 aromatic heterocycles. The van der Waals surface area contributed by atoms with Gasteiger partial charge in [0.1, 0.15) is 5.75 Å². The fourth-order valence-electron chi connectivity index (χ4n) is 3.39. The van der Waals surface area contributed by atoms with Gasteiger partial charge >= 0.3 is 0 Å². The van der Waals surface area contributed by atoms with E-state index in [9.17, 15) is 0 Å². The predicted octanol–water partition coefficient (Wildman–Crippen LogP) is 3.04. The Hall–Kier alpha value is -1.06. The first kappa shape index (κ1) is 12.9. The summed E-state index contributed by atoms with van der Waals surface area (Å²) in [5.74, 6) is 1.43. The molecule has 3 heteroatoms. The Morgan fingerprint density at radius 2 is 2.05 bits per heavy atom. The number of methoxy groups -OCH3 is 1. The van der Waals surface area contributed by atoms with Crippen molar-refractivity contribution in [1.29, 1.82) is 0 Å². The van der Waals surface area contributed by atoms with Gasteiger partial charge in [-0.15, -0.1) is 0 Å². The largest absolute Gasteiger partial charge is 0.497 e. The molecule has 1 heterocycles. The van der Waals surface area contributed by atoms with Crippen LogP contribution in [0.2, 0.25) is 0 Å². The molecule has 1 aliphatic carbocycles. The molecule has 3 nitrogen and oxygen atoms in total. The van der Waals surface area contributed by atoms with Crippen LogP contribution in [0.3, 0.4) is 0 Å². The lowest BCUT2D eigenvalue weighted by Gasteiger charge is -2.48. The second-order valence-electron chi connectivity index (χ2n) is 5.94. The van der Waals surface area contributed by atoms with Crippen LogP contribution in [-0.4, -0.2) is 19.3 Å². The molecule has 2 N–H and O–H groups in total. The second kappa shape index (κ2) is 5.14. The van der Waals surface area contributed by atoms with Crippen LogP contribution >= 0.6 is 0 Å². The normalized spacial score (nSPS) is 26.7. The molecule has 104 valence electrons. The minimum Gasteiger partial charge on any atom is -0.497 e. The molecule has 2 atom stereocenters. The summed E-state index contributed by atoms with van der Waals surface area (Å²) < 4.78 is 11.2. The van der Waals surface area contributed by atoms with E-state index in [4.69, 9.17) is 15.2 Å². The van der Waals surface area contributed by atoms with Crippen LogP contribution in [-0.2, 0) is 4.74 Å². The zero-order valence-electron chi connectivity index (χ0n) is 11.6. The molecule has 1 saturated heterocycles. The van der Waals surface area contributed by atoms with Crippen LogP contribution in [0.25, 0.3) is 0 Å². The summed E-state index contributed by atoms with van der Waals surface area (Å²) in [6, 6.07) is 8.28. The van der Waals surface area contributed by atoms with Crippen molar-refractivity contribution in [2.24, 2.45) is 11.7 Å². The monoisotopic (exact) mass is 261 g/mol. The predicted molar refractivity (Wildman–Crippen MR) is 75.2 cm³/mol. The molecule has 2 unspecified atom stereocenters. The topological polar surface area (TPSA) is 44.5 Å². The lowest BCUT2D eigenvalue weighted by molar-refractivity contribution is -0.146. The number of rotatable bonds is 3. The van der Waals surface area contributed by atoms with Gasteiger partial charge in [0.2, 0.25) is 0 Å². The van der Waals surface area contributed by atoms with Crippen LogP contribution in [0.4, 0.5) is 0 Å². The van der Waals surface area contributed by atoms with Crippen molar-refractivity contribution in [3.8, 4) is 5.75 Å². The van der Waals surface area contributed by atoms with Crippen molar-refractivity contribution in [3.63, 3.8) is 0 Å². The Morgan fingerprint density at radius 3 is 2.63 bits per heavy atom. The van der Waals surface area contributed by atoms with E-state index in [1.165, 1.54) is 24.8 Å². The quantitative estimate of drug-likeness (QED) is 0.909. The Morgan fingerprint density at radius 1 is 1.32 bits per heavy atom. The molecule has 1 aromatic carbocycles. The highest BCUT2D eigenvalue weighted by atomic mass is 16.5. The zero-order chi connectivity index (χ0) is 13.3. The maximum atomic E-state index is 6.46. The molecule has 1 saturated carbocycles. The van der Waals surface area contributed by atoms with Crippen LogP contribution in [0.1, 0.15) is 43.7 Å². The summed E-state index contributed by atoms with van der Waals surface area (Å²) >= 11 is 0. The molecule has 0 radical (unpaired) electrons. The molecular weight excluding hydrogens is 238 g/mol. The van der Waals surface area contributed by atoms with E-state index in [1.54, 1.807) is 7.11 Å².